The summed E-state index contributed by atoms with van der Waals surface area (Å²) in [6.07, 6.45) is 0. The molecule has 3 heteroatoms. The summed E-state index contributed by atoms with van der Waals surface area (Å²) in [6, 6.07) is 84.0. The summed E-state index contributed by atoms with van der Waals surface area (Å²) in [5.41, 5.74) is 14.2. The minimum absolute atomic E-state index is 1.11. The van der Waals surface area contributed by atoms with Crippen LogP contribution in [0.5, 0.6) is 0 Å². The Balaban J connectivity index is 0.946. The van der Waals surface area contributed by atoms with Gasteiger partial charge in [0.15, 0.2) is 0 Å². The molecule has 0 unspecified atom stereocenters. The monoisotopic (exact) mass is 794 g/mol. The molecule has 0 saturated carbocycles. The molecule has 0 amide bonds. The number of hydrogen-bond donors (Lipinski definition) is 0. The molecule has 0 saturated heterocycles. The maximum absolute atomic E-state index is 2.44. The average Bonchev–Trinajstić information content (AvgIpc) is 3.87. The zero-order chi connectivity index (χ0) is 40.3. The van der Waals surface area contributed by atoms with Crippen molar-refractivity contribution in [2.24, 2.45) is 0 Å². The van der Waals surface area contributed by atoms with Crippen LogP contribution in [0, 0.1) is 0 Å². The van der Waals surface area contributed by atoms with Gasteiger partial charge in [-0.1, -0.05) is 140 Å². The van der Waals surface area contributed by atoms with Crippen LogP contribution in [0.2, 0.25) is 0 Å². The number of anilines is 3. The number of hydrogen-bond acceptors (Lipinski definition) is 2. The van der Waals surface area contributed by atoms with Gasteiger partial charge >= 0.3 is 0 Å². The zero-order valence-corrected chi connectivity index (χ0v) is 34.1. The molecule has 0 aliphatic carbocycles. The molecule has 61 heavy (non-hydrogen) atoms. The van der Waals surface area contributed by atoms with E-state index in [0.29, 0.717) is 0 Å². The first-order valence-corrected chi connectivity index (χ1v) is 21.6. The molecule has 0 fully saturated rings. The summed E-state index contributed by atoms with van der Waals surface area (Å²) < 4.78 is 5.03. The van der Waals surface area contributed by atoms with Gasteiger partial charge in [0.05, 0.1) is 11.0 Å². The van der Waals surface area contributed by atoms with E-state index in [4.69, 9.17) is 0 Å². The number of thiophene rings is 1. The Morgan fingerprint density at radius 3 is 1.67 bits per heavy atom. The van der Waals surface area contributed by atoms with Gasteiger partial charge in [-0.2, -0.15) is 0 Å². The van der Waals surface area contributed by atoms with E-state index in [1.807, 2.05) is 11.3 Å². The standard InChI is InChI=1S/C58H38N2S/c1-4-14-39(15-5-1)40-26-30-48(31-27-40)59(46-19-6-2-7-20-46)49-23-13-18-43(35-49)41-16-12-17-42(34-41)44-28-32-56-53(36-44)58-51-38-52-50-24-10-11-25-54(50)60(47-21-8-3-9-22-47)55(52)37-45(51)29-33-57(58)61-56/h1-38H. The fourth-order valence-corrected chi connectivity index (χ4v) is 10.4. The summed E-state index contributed by atoms with van der Waals surface area (Å²) in [6.45, 7) is 0. The number of para-hydroxylation sites is 3. The van der Waals surface area contributed by atoms with Crippen molar-refractivity contribution in [1.29, 1.82) is 0 Å². The van der Waals surface area contributed by atoms with Crippen LogP contribution in [0.1, 0.15) is 0 Å². The van der Waals surface area contributed by atoms with Crippen molar-refractivity contribution < 1.29 is 0 Å². The molecule has 0 radical (unpaired) electrons. The van der Waals surface area contributed by atoms with Gasteiger partial charge in [-0.25, -0.2) is 0 Å². The summed E-state index contributed by atoms with van der Waals surface area (Å²) in [7, 11) is 0. The third-order valence-corrected chi connectivity index (χ3v) is 13.3. The largest absolute Gasteiger partial charge is 0.310 e. The van der Waals surface area contributed by atoms with Crippen LogP contribution in [0.3, 0.4) is 0 Å². The number of nitrogens with zero attached hydrogens (tertiary/aromatic N) is 2. The van der Waals surface area contributed by atoms with Gasteiger partial charge in [-0.15, -0.1) is 11.3 Å². The van der Waals surface area contributed by atoms with E-state index in [1.165, 1.54) is 91.8 Å². The molecular weight excluding hydrogens is 757 g/mol. The van der Waals surface area contributed by atoms with Gasteiger partial charge in [0.25, 0.3) is 0 Å². The molecule has 2 nitrogen and oxygen atoms in total. The fraction of sp³-hybridized carbons (Fsp3) is 0. The topological polar surface area (TPSA) is 8.17 Å². The molecule has 2 heterocycles. The Hall–Kier alpha value is -7.72. The smallest absolute Gasteiger partial charge is 0.0547 e. The van der Waals surface area contributed by atoms with Crippen molar-refractivity contribution >= 4 is 81.1 Å². The van der Waals surface area contributed by atoms with Gasteiger partial charge in [0.2, 0.25) is 0 Å². The summed E-state index contributed by atoms with van der Waals surface area (Å²) in [5, 5.41) is 7.74. The zero-order valence-electron chi connectivity index (χ0n) is 33.2. The third-order valence-electron chi connectivity index (χ3n) is 12.1. The van der Waals surface area contributed by atoms with Crippen LogP contribution < -0.4 is 4.90 Å². The minimum Gasteiger partial charge on any atom is -0.310 e. The molecule has 0 atom stereocenters. The van der Waals surface area contributed by atoms with Crippen molar-refractivity contribution in [1.82, 2.24) is 4.57 Å². The molecule has 12 aromatic rings. The summed E-state index contributed by atoms with van der Waals surface area (Å²) in [5.74, 6) is 0. The van der Waals surface area contributed by atoms with Crippen molar-refractivity contribution in [2.45, 2.75) is 0 Å². The molecule has 12 rings (SSSR count). The Labute approximate surface area is 358 Å². The number of benzene rings is 10. The van der Waals surface area contributed by atoms with E-state index in [1.54, 1.807) is 0 Å². The molecule has 0 aliphatic rings. The lowest BCUT2D eigenvalue weighted by molar-refractivity contribution is 1.18. The summed E-state index contributed by atoms with van der Waals surface area (Å²) >= 11 is 1.88. The average molecular weight is 795 g/mol. The first kappa shape index (κ1) is 35.2. The van der Waals surface area contributed by atoms with E-state index in [0.717, 1.165) is 17.1 Å². The van der Waals surface area contributed by atoms with Crippen molar-refractivity contribution in [2.75, 3.05) is 4.90 Å². The minimum atomic E-state index is 1.11. The van der Waals surface area contributed by atoms with E-state index in [-0.39, 0.29) is 0 Å². The second-order valence-electron chi connectivity index (χ2n) is 15.7. The molecule has 0 spiro atoms. The number of fused-ring (bicyclic) bond motifs is 8. The number of rotatable bonds is 7. The van der Waals surface area contributed by atoms with E-state index < -0.39 is 0 Å². The SMILES string of the molecule is c1ccc(-c2ccc(N(c3ccccc3)c3cccc(-c4cccc(-c5ccc6sc7ccc8cc9c(cc8c7c6c5)c5ccccc5n9-c5ccccc5)c4)c3)cc2)cc1. The third kappa shape index (κ3) is 6.09. The highest BCUT2D eigenvalue weighted by Gasteiger charge is 2.18. The second-order valence-corrected chi connectivity index (χ2v) is 16.8. The van der Waals surface area contributed by atoms with Crippen molar-refractivity contribution in [3.63, 3.8) is 0 Å². The Morgan fingerprint density at radius 1 is 0.311 bits per heavy atom. The Bertz CT molecular complexity index is 3570. The van der Waals surface area contributed by atoms with Crippen LogP contribution in [0.15, 0.2) is 231 Å². The molecular formula is C58H38N2S. The molecule has 0 N–H and O–H groups in total. The molecule has 2 aromatic heterocycles. The fourth-order valence-electron chi connectivity index (χ4n) is 9.26. The lowest BCUT2D eigenvalue weighted by Crippen LogP contribution is -2.09. The first-order valence-electron chi connectivity index (χ1n) is 20.8. The summed E-state index contributed by atoms with van der Waals surface area (Å²) in [4.78, 5) is 2.34. The lowest BCUT2D eigenvalue weighted by Gasteiger charge is -2.26. The first-order chi connectivity index (χ1) is 30.2. The van der Waals surface area contributed by atoms with Crippen LogP contribution >= 0.6 is 11.3 Å². The van der Waals surface area contributed by atoms with Gasteiger partial charge in [0.1, 0.15) is 0 Å². The van der Waals surface area contributed by atoms with E-state index in [9.17, 15) is 0 Å². The van der Waals surface area contributed by atoms with Crippen LogP contribution in [-0.4, -0.2) is 4.57 Å². The predicted octanol–water partition coefficient (Wildman–Crippen LogP) is 16.8. The highest BCUT2D eigenvalue weighted by molar-refractivity contribution is 7.26. The Kier molecular flexibility index (Phi) is 8.39. The Morgan fingerprint density at radius 2 is 0.885 bits per heavy atom. The number of aromatic nitrogens is 1. The van der Waals surface area contributed by atoms with Crippen molar-refractivity contribution in [3.05, 3.63) is 231 Å². The van der Waals surface area contributed by atoms with Gasteiger partial charge < -0.3 is 9.47 Å². The quantitative estimate of drug-likeness (QED) is 0.156. The van der Waals surface area contributed by atoms with Crippen LogP contribution in [-0.2, 0) is 0 Å². The maximum Gasteiger partial charge on any atom is 0.0547 e. The molecule has 10 aromatic carbocycles. The molecule has 0 bridgehead atoms. The maximum atomic E-state index is 2.44. The van der Waals surface area contributed by atoms with E-state index >= 15 is 0 Å². The van der Waals surface area contributed by atoms with Gasteiger partial charge in [-0.05, 0) is 135 Å². The predicted molar refractivity (Wildman–Crippen MR) is 262 cm³/mol. The van der Waals surface area contributed by atoms with Crippen LogP contribution in [0.4, 0.5) is 17.1 Å². The molecule has 0 aliphatic heterocycles. The van der Waals surface area contributed by atoms with Crippen molar-refractivity contribution in [3.8, 4) is 39.1 Å². The second kappa shape index (κ2) is 14.5. The van der Waals surface area contributed by atoms with Gasteiger partial charge in [-0.3, -0.25) is 0 Å². The van der Waals surface area contributed by atoms with Crippen LogP contribution in [0.25, 0.3) is 91.8 Å². The highest BCUT2D eigenvalue weighted by atomic mass is 32.1. The lowest BCUT2D eigenvalue weighted by atomic mass is 9.96. The molecule has 286 valence electrons. The normalized spacial score (nSPS) is 11.6. The highest BCUT2D eigenvalue weighted by Crippen LogP contribution is 2.44. The van der Waals surface area contributed by atoms with E-state index in [2.05, 4.69) is 240 Å². The van der Waals surface area contributed by atoms with Gasteiger partial charge in [0, 0.05) is 53.7 Å².